The number of hydrogen-bond acceptors (Lipinski definition) is 3. The number of aryl methyl sites for hydroxylation is 1. The second-order valence-corrected chi connectivity index (χ2v) is 8.26. The first-order chi connectivity index (χ1) is 14.5. The highest BCUT2D eigenvalue weighted by atomic mass is 16.3. The van der Waals surface area contributed by atoms with E-state index in [-0.39, 0.29) is 0 Å². The number of anilines is 1. The quantitative estimate of drug-likeness (QED) is 0.384. The molecule has 0 saturated heterocycles. The summed E-state index contributed by atoms with van der Waals surface area (Å²) >= 11 is 0. The molecule has 0 aliphatic rings. The molecule has 3 rings (SSSR count). The molecule has 3 N–H and O–H groups in total. The zero-order valence-electron chi connectivity index (χ0n) is 18.4. The Morgan fingerprint density at radius 1 is 0.833 bits per heavy atom. The first kappa shape index (κ1) is 21.9. The molecule has 0 heterocycles. The van der Waals surface area contributed by atoms with E-state index in [1.54, 1.807) is 0 Å². The molecule has 3 aromatic carbocycles. The summed E-state index contributed by atoms with van der Waals surface area (Å²) in [5, 5.41) is 17.8. The first-order valence-corrected chi connectivity index (χ1v) is 10.9. The van der Waals surface area contributed by atoms with Crippen molar-refractivity contribution in [3.63, 3.8) is 0 Å². The number of aromatic hydroxyl groups is 1. The van der Waals surface area contributed by atoms with E-state index >= 15 is 0 Å². The minimum absolute atomic E-state index is 0.440. The van der Waals surface area contributed by atoms with Crippen molar-refractivity contribution in [2.24, 2.45) is 0 Å². The molecule has 0 aliphatic carbocycles. The Bertz CT molecular complexity index is 935. The molecule has 30 heavy (non-hydrogen) atoms. The lowest BCUT2D eigenvalue weighted by Gasteiger charge is -2.15. The van der Waals surface area contributed by atoms with Crippen molar-refractivity contribution in [3.8, 4) is 5.75 Å². The largest absolute Gasteiger partial charge is 0.507 e. The minimum Gasteiger partial charge on any atom is -0.507 e. The van der Waals surface area contributed by atoms with Crippen LogP contribution in [0.2, 0.25) is 0 Å². The van der Waals surface area contributed by atoms with Gasteiger partial charge >= 0.3 is 0 Å². The van der Waals surface area contributed by atoms with Crippen molar-refractivity contribution < 1.29 is 5.11 Å². The summed E-state index contributed by atoms with van der Waals surface area (Å²) < 4.78 is 0. The monoisotopic (exact) mass is 402 g/mol. The van der Waals surface area contributed by atoms with Crippen LogP contribution in [-0.4, -0.2) is 24.7 Å². The fraction of sp³-hybridized carbons (Fsp3) is 0.333. The van der Waals surface area contributed by atoms with Crippen LogP contribution in [0.5, 0.6) is 5.75 Å². The molecule has 0 aromatic heterocycles. The molecule has 158 valence electrons. The lowest BCUT2D eigenvalue weighted by molar-refractivity contribution is 0.461. The maximum absolute atomic E-state index is 10.8. The number of benzene rings is 3. The Balaban J connectivity index is 1.49. The highest BCUT2D eigenvalue weighted by molar-refractivity contribution is 5.52. The SMILES string of the molecule is Cc1cc(CCNCCNc2ccccc2C(C)C)c(O)c(Cc2ccccc2)c1. The van der Waals surface area contributed by atoms with Crippen LogP contribution in [0.25, 0.3) is 0 Å². The molecule has 3 nitrogen and oxygen atoms in total. The number of hydrogen-bond donors (Lipinski definition) is 3. The molecule has 3 heteroatoms. The van der Waals surface area contributed by atoms with E-state index in [2.05, 4.69) is 79.9 Å². The highest BCUT2D eigenvalue weighted by Crippen LogP contribution is 2.27. The number of nitrogens with one attached hydrogen (secondary N) is 2. The third-order valence-electron chi connectivity index (χ3n) is 5.42. The molecule has 0 spiro atoms. The van der Waals surface area contributed by atoms with Crippen LogP contribution >= 0.6 is 0 Å². The molecule has 0 radical (unpaired) electrons. The van der Waals surface area contributed by atoms with Crippen LogP contribution in [-0.2, 0) is 12.8 Å². The number of phenolic OH excluding ortho intramolecular Hbond substituents is 1. The van der Waals surface area contributed by atoms with Crippen molar-refractivity contribution >= 4 is 5.69 Å². The van der Waals surface area contributed by atoms with Crippen LogP contribution in [0.3, 0.4) is 0 Å². The molecule has 3 aromatic rings. The topological polar surface area (TPSA) is 44.3 Å². The summed E-state index contributed by atoms with van der Waals surface area (Å²) in [5.41, 5.74) is 7.01. The molecule has 0 unspecified atom stereocenters. The number of para-hydroxylation sites is 1. The molecule has 0 bridgehead atoms. The Morgan fingerprint density at radius 3 is 2.30 bits per heavy atom. The van der Waals surface area contributed by atoms with E-state index in [4.69, 9.17) is 0 Å². The Kier molecular flexibility index (Phi) is 7.92. The summed E-state index contributed by atoms with van der Waals surface area (Å²) in [6.45, 7) is 9.15. The van der Waals surface area contributed by atoms with Gasteiger partial charge in [0.2, 0.25) is 0 Å². The van der Waals surface area contributed by atoms with Crippen LogP contribution in [0.15, 0.2) is 66.7 Å². The summed E-state index contributed by atoms with van der Waals surface area (Å²) in [4.78, 5) is 0. The Morgan fingerprint density at radius 2 is 1.53 bits per heavy atom. The molecule has 0 atom stereocenters. The van der Waals surface area contributed by atoms with Gasteiger partial charge in [-0.15, -0.1) is 0 Å². The van der Waals surface area contributed by atoms with E-state index in [1.807, 2.05) is 18.2 Å². The summed E-state index contributed by atoms with van der Waals surface area (Å²) in [6, 6.07) is 23.0. The summed E-state index contributed by atoms with van der Waals surface area (Å²) in [6.07, 6.45) is 1.58. The van der Waals surface area contributed by atoms with Crippen molar-refractivity contribution in [1.82, 2.24) is 5.32 Å². The van der Waals surface area contributed by atoms with Gasteiger partial charge in [-0.25, -0.2) is 0 Å². The van der Waals surface area contributed by atoms with E-state index in [9.17, 15) is 5.11 Å². The second kappa shape index (κ2) is 10.8. The fourth-order valence-electron chi connectivity index (χ4n) is 3.87. The van der Waals surface area contributed by atoms with Gasteiger partial charge in [0.15, 0.2) is 0 Å². The predicted octanol–water partition coefficient (Wildman–Crippen LogP) is 5.66. The van der Waals surface area contributed by atoms with Crippen LogP contribution in [0, 0.1) is 6.92 Å². The Labute approximate surface area is 181 Å². The van der Waals surface area contributed by atoms with E-state index in [0.717, 1.165) is 43.6 Å². The normalized spacial score (nSPS) is 11.1. The van der Waals surface area contributed by atoms with Gasteiger partial charge in [-0.1, -0.05) is 80.1 Å². The van der Waals surface area contributed by atoms with Gasteiger partial charge < -0.3 is 15.7 Å². The van der Waals surface area contributed by atoms with Gasteiger partial charge in [-0.3, -0.25) is 0 Å². The molecular formula is C27H34N2O. The first-order valence-electron chi connectivity index (χ1n) is 10.9. The van der Waals surface area contributed by atoms with Crippen LogP contribution < -0.4 is 10.6 Å². The lowest BCUT2D eigenvalue weighted by atomic mass is 9.97. The van der Waals surface area contributed by atoms with Gasteiger partial charge in [-0.05, 0) is 54.1 Å². The standard InChI is InChI=1S/C27H34N2O/c1-20(2)25-11-7-8-12-26(25)29-16-15-28-14-13-23-17-21(3)18-24(27(23)30)19-22-9-5-4-6-10-22/h4-12,17-18,20,28-30H,13-16,19H2,1-3H3. The molecular weight excluding hydrogens is 368 g/mol. The molecule has 0 fully saturated rings. The lowest BCUT2D eigenvalue weighted by Crippen LogP contribution is -2.24. The second-order valence-electron chi connectivity index (χ2n) is 8.26. The fourth-order valence-corrected chi connectivity index (χ4v) is 3.87. The van der Waals surface area contributed by atoms with Crippen molar-refractivity contribution in [3.05, 3.63) is 94.5 Å². The molecule has 0 saturated carbocycles. The van der Waals surface area contributed by atoms with Crippen molar-refractivity contribution in [1.29, 1.82) is 0 Å². The minimum atomic E-state index is 0.440. The summed E-state index contributed by atoms with van der Waals surface area (Å²) in [5.74, 6) is 0.950. The summed E-state index contributed by atoms with van der Waals surface area (Å²) in [7, 11) is 0. The van der Waals surface area contributed by atoms with E-state index < -0.39 is 0 Å². The highest BCUT2D eigenvalue weighted by Gasteiger charge is 2.10. The average molecular weight is 403 g/mol. The van der Waals surface area contributed by atoms with Crippen LogP contribution in [0.4, 0.5) is 5.69 Å². The van der Waals surface area contributed by atoms with Crippen LogP contribution in [0.1, 0.15) is 47.6 Å². The van der Waals surface area contributed by atoms with Gasteiger partial charge in [0.05, 0.1) is 0 Å². The van der Waals surface area contributed by atoms with Gasteiger partial charge in [0.25, 0.3) is 0 Å². The zero-order valence-corrected chi connectivity index (χ0v) is 18.4. The smallest absolute Gasteiger partial charge is 0.122 e. The average Bonchev–Trinajstić information content (AvgIpc) is 2.74. The third-order valence-corrected chi connectivity index (χ3v) is 5.42. The van der Waals surface area contributed by atoms with Gasteiger partial charge in [0, 0.05) is 25.2 Å². The van der Waals surface area contributed by atoms with Crippen molar-refractivity contribution in [2.75, 3.05) is 25.0 Å². The van der Waals surface area contributed by atoms with E-state index in [1.165, 1.54) is 22.4 Å². The van der Waals surface area contributed by atoms with Gasteiger partial charge in [0.1, 0.15) is 5.75 Å². The maximum Gasteiger partial charge on any atom is 0.122 e. The molecule has 0 amide bonds. The number of phenols is 1. The third kappa shape index (κ3) is 6.11. The van der Waals surface area contributed by atoms with E-state index in [0.29, 0.717) is 11.7 Å². The Hall–Kier alpha value is -2.78. The molecule has 0 aliphatic heterocycles. The van der Waals surface area contributed by atoms with Gasteiger partial charge in [-0.2, -0.15) is 0 Å². The van der Waals surface area contributed by atoms with Crippen molar-refractivity contribution in [2.45, 2.75) is 39.5 Å². The predicted molar refractivity (Wildman–Crippen MR) is 128 cm³/mol. The maximum atomic E-state index is 10.8. The zero-order chi connectivity index (χ0) is 21.3. The number of rotatable bonds is 10.